The standard InChI is InChI=1S/C18H17ClN4O3/c19-13-3-5-14(6-4-13)25-12-17(24)23-9-1-2-15(11-23)26-18-16(10-20)21-7-8-22-18/h3-8,15H,1-2,9,11-12H2/t15-/m1/s1. The Kier molecular flexibility index (Phi) is 5.87. The lowest BCUT2D eigenvalue weighted by Crippen LogP contribution is -2.46. The van der Waals surface area contributed by atoms with Gasteiger partial charge in [0.05, 0.1) is 6.54 Å². The number of hydrogen-bond donors (Lipinski definition) is 0. The highest BCUT2D eigenvalue weighted by molar-refractivity contribution is 6.30. The first-order valence-electron chi connectivity index (χ1n) is 8.19. The number of carbonyl (C=O) groups excluding carboxylic acids is 1. The van der Waals surface area contributed by atoms with Gasteiger partial charge >= 0.3 is 0 Å². The third-order valence-electron chi connectivity index (χ3n) is 3.96. The summed E-state index contributed by atoms with van der Waals surface area (Å²) >= 11 is 5.83. The highest BCUT2D eigenvalue weighted by Gasteiger charge is 2.26. The molecule has 1 aliphatic rings. The Morgan fingerprint density at radius 1 is 1.31 bits per heavy atom. The Labute approximate surface area is 156 Å². The lowest BCUT2D eigenvalue weighted by molar-refractivity contribution is -0.136. The molecule has 1 fully saturated rings. The quantitative estimate of drug-likeness (QED) is 0.801. The first-order chi connectivity index (χ1) is 12.7. The van der Waals surface area contributed by atoms with E-state index in [1.807, 2.05) is 6.07 Å². The largest absolute Gasteiger partial charge is 0.484 e. The fourth-order valence-corrected chi connectivity index (χ4v) is 2.80. The van der Waals surface area contributed by atoms with Crippen molar-refractivity contribution < 1.29 is 14.3 Å². The second-order valence-electron chi connectivity index (χ2n) is 5.79. The topological polar surface area (TPSA) is 88.3 Å². The molecule has 134 valence electrons. The Bertz CT molecular complexity index is 807. The molecule has 1 aromatic heterocycles. The second kappa shape index (κ2) is 8.50. The van der Waals surface area contributed by atoms with Gasteiger partial charge in [-0.25, -0.2) is 9.97 Å². The van der Waals surface area contributed by atoms with E-state index in [-0.39, 0.29) is 30.2 Å². The smallest absolute Gasteiger partial charge is 0.260 e. The number of ether oxygens (including phenoxy) is 2. The second-order valence-corrected chi connectivity index (χ2v) is 6.22. The van der Waals surface area contributed by atoms with Gasteiger partial charge in [-0.3, -0.25) is 4.79 Å². The molecular weight excluding hydrogens is 356 g/mol. The Morgan fingerprint density at radius 2 is 2.08 bits per heavy atom. The number of likely N-dealkylation sites (tertiary alicyclic amines) is 1. The number of amides is 1. The van der Waals surface area contributed by atoms with E-state index in [1.54, 1.807) is 29.2 Å². The summed E-state index contributed by atoms with van der Waals surface area (Å²) in [7, 11) is 0. The van der Waals surface area contributed by atoms with E-state index < -0.39 is 0 Å². The van der Waals surface area contributed by atoms with Gasteiger partial charge in [-0.1, -0.05) is 11.6 Å². The number of benzene rings is 1. The van der Waals surface area contributed by atoms with E-state index in [4.69, 9.17) is 26.3 Å². The number of aromatic nitrogens is 2. The number of carbonyl (C=O) groups is 1. The maximum atomic E-state index is 12.4. The van der Waals surface area contributed by atoms with Crippen LogP contribution in [0.25, 0.3) is 0 Å². The summed E-state index contributed by atoms with van der Waals surface area (Å²) in [5.74, 6) is 0.672. The normalized spacial score (nSPS) is 16.6. The fourth-order valence-electron chi connectivity index (χ4n) is 2.67. The molecular formula is C18H17ClN4O3. The van der Waals surface area contributed by atoms with Crippen LogP contribution in [0, 0.1) is 11.3 Å². The van der Waals surface area contributed by atoms with Gasteiger partial charge < -0.3 is 14.4 Å². The summed E-state index contributed by atoms with van der Waals surface area (Å²) in [5, 5.41) is 9.67. The lowest BCUT2D eigenvalue weighted by atomic mass is 10.1. The summed E-state index contributed by atoms with van der Waals surface area (Å²) in [5.41, 5.74) is 0.141. The number of rotatable bonds is 5. The SMILES string of the molecule is N#Cc1nccnc1O[C@@H]1CCCN(C(=O)COc2ccc(Cl)cc2)C1. The molecule has 0 aliphatic carbocycles. The highest BCUT2D eigenvalue weighted by Crippen LogP contribution is 2.19. The summed E-state index contributed by atoms with van der Waals surface area (Å²) < 4.78 is 11.3. The molecule has 2 aromatic rings. The molecule has 0 radical (unpaired) electrons. The average molecular weight is 373 g/mol. The lowest BCUT2D eigenvalue weighted by Gasteiger charge is -2.32. The van der Waals surface area contributed by atoms with Crippen LogP contribution in [-0.4, -0.2) is 46.6 Å². The van der Waals surface area contributed by atoms with E-state index in [1.165, 1.54) is 12.4 Å². The zero-order valence-corrected chi connectivity index (χ0v) is 14.7. The third-order valence-corrected chi connectivity index (χ3v) is 4.21. The molecule has 2 heterocycles. The Morgan fingerprint density at radius 3 is 2.85 bits per heavy atom. The average Bonchev–Trinajstić information content (AvgIpc) is 2.68. The van der Waals surface area contributed by atoms with Crippen LogP contribution in [-0.2, 0) is 4.79 Å². The van der Waals surface area contributed by atoms with Crippen molar-refractivity contribution >= 4 is 17.5 Å². The number of nitrogens with zero attached hydrogens (tertiary/aromatic N) is 4. The van der Waals surface area contributed by atoms with Gasteiger partial charge in [0, 0.05) is 24.0 Å². The number of halogens is 1. The molecule has 3 rings (SSSR count). The summed E-state index contributed by atoms with van der Waals surface area (Å²) in [6.45, 7) is 1.02. The zero-order chi connectivity index (χ0) is 18.4. The van der Waals surface area contributed by atoms with E-state index in [9.17, 15) is 4.79 Å². The minimum absolute atomic E-state index is 0.0526. The summed E-state index contributed by atoms with van der Waals surface area (Å²) in [4.78, 5) is 22.1. The van der Waals surface area contributed by atoms with Crippen molar-refractivity contribution in [3.8, 4) is 17.7 Å². The number of piperidine rings is 1. The molecule has 0 bridgehead atoms. The molecule has 1 atom stereocenters. The van der Waals surface area contributed by atoms with Crippen molar-refractivity contribution in [1.82, 2.24) is 14.9 Å². The van der Waals surface area contributed by atoms with Crippen LogP contribution in [0.5, 0.6) is 11.6 Å². The molecule has 8 heteroatoms. The first kappa shape index (κ1) is 18.0. The van der Waals surface area contributed by atoms with Gasteiger partial charge in [0.15, 0.2) is 6.61 Å². The zero-order valence-electron chi connectivity index (χ0n) is 14.0. The van der Waals surface area contributed by atoms with Crippen LogP contribution >= 0.6 is 11.6 Å². The van der Waals surface area contributed by atoms with Crippen LogP contribution < -0.4 is 9.47 Å². The van der Waals surface area contributed by atoms with Crippen LogP contribution in [0.2, 0.25) is 5.02 Å². The van der Waals surface area contributed by atoms with Crippen LogP contribution in [0.4, 0.5) is 0 Å². The molecule has 1 amide bonds. The van der Waals surface area contributed by atoms with Gasteiger partial charge in [-0.15, -0.1) is 0 Å². The Hall–Kier alpha value is -2.85. The molecule has 1 saturated heterocycles. The predicted octanol–water partition coefficient (Wildman–Crippen LogP) is 2.45. The number of nitriles is 1. The molecule has 1 aromatic carbocycles. The molecule has 0 N–H and O–H groups in total. The molecule has 7 nitrogen and oxygen atoms in total. The van der Waals surface area contributed by atoms with Crippen molar-refractivity contribution in [2.24, 2.45) is 0 Å². The van der Waals surface area contributed by atoms with E-state index >= 15 is 0 Å². The van der Waals surface area contributed by atoms with Gasteiger partial charge in [0.25, 0.3) is 11.8 Å². The van der Waals surface area contributed by atoms with Crippen molar-refractivity contribution in [2.45, 2.75) is 18.9 Å². The van der Waals surface area contributed by atoms with Gasteiger partial charge in [0.2, 0.25) is 5.69 Å². The van der Waals surface area contributed by atoms with E-state index in [2.05, 4.69) is 9.97 Å². The molecule has 1 aliphatic heterocycles. The van der Waals surface area contributed by atoms with E-state index in [0.717, 1.165) is 12.8 Å². The van der Waals surface area contributed by atoms with Gasteiger partial charge in [-0.2, -0.15) is 5.26 Å². The van der Waals surface area contributed by atoms with Crippen LogP contribution in [0.1, 0.15) is 18.5 Å². The summed E-state index contributed by atoms with van der Waals surface area (Å²) in [6.07, 6.45) is 4.27. The monoisotopic (exact) mass is 372 g/mol. The minimum atomic E-state index is -0.230. The minimum Gasteiger partial charge on any atom is -0.484 e. The van der Waals surface area contributed by atoms with Crippen molar-refractivity contribution in [1.29, 1.82) is 5.26 Å². The maximum Gasteiger partial charge on any atom is 0.260 e. The van der Waals surface area contributed by atoms with Gasteiger partial charge in [-0.05, 0) is 37.1 Å². The maximum absolute atomic E-state index is 12.4. The van der Waals surface area contributed by atoms with Crippen molar-refractivity contribution in [3.63, 3.8) is 0 Å². The van der Waals surface area contributed by atoms with Crippen LogP contribution in [0.3, 0.4) is 0 Å². The first-order valence-corrected chi connectivity index (χ1v) is 8.57. The van der Waals surface area contributed by atoms with Crippen molar-refractivity contribution in [3.05, 3.63) is 47.4 Å². The third kappa shape index (κ3) is 4.61. The molecule has 0 unspecified atom stereocenters. The molecule has 0 spiro atoms. The fraction of sp³-hybridized carbons (Fsp3) is 0.333. The molecule has 0 saturated carbocycles. The molecule has 26 heavy (non-hydrogen) atoms. The van der Waals surface area contributed by atoms with E-state index in [0.29, 0.717) is 23.9 Å². The predicted molar refractivity (Wildman–Crippen MR) is 93.9 cm³/mol. The van der Waals surface area contributed by atoms with Gasteiger partial charge in [0.1, 0.15) is 17.9 Å². The Balaban J connectivity index is 1.55. The number of hydrogen-bond acceptors (Lipinski definition) is 6. The highest BCUT2D eigenvalue weighted by atomic mass is 35.5. The summed E-state index contributed by atoms with van der Waals surface area (Å²) in [6, 6.07) is 8.80. The van der Waals surface area contributed by atoms with Crippen LogP contribution in [0.15, 0.2) is 36.7 Å². The van der Waals surface area contributed by atoms with Crippen molar-refractivity contribution in [2.75, 3.05) is 19.7 Å².